The molecule has 2 fully saturated rings. The summed E-state index contributed by atoms with van der Waals surface area (Å²) in [5.41, 5.74) is 0.624. The summed E-state index contributed by atoms with van der Waals surface area (Å²) in [5.74, 6) is -1.97. The second-order valence-electron chi connectivity index (χ2n) is 6.97. The maximum absolute atomic E-state index is 13.1. The smallest absolute Gasteiger partial charge is 0.317 e. The molecule has 0 spiro atoms. The van der Waals surface area contributed by atoms with Gasteiger partial charge < -0.3 is 4.74 Å². The first-order valence-electron chi connectivity index (χ1n) is 9.01. The van der Waals surface area contributed by atoms with Crippen LogP contribution in [-0.2, 0) is 14.3 Å². The Hall–Kier alpha value is -2.24. The Balaban J connectivity index is 1.91. The number of nitro benzene ring substituents is 1. The number of fused-ring (bicyclic) bond motifs is 1. The Kier molecular flexibility index (Phi) is 5.16. The van der Waals surface area contributed by atoms with Crippen molar-refractivity contribution in [3.63, 3.8) is 0 Å². The van der Waals surface area contributed by atoms with Gasteiger partial charge in [0.1, 0.15) is 12.0 Å². The van der Waals surface area contributed by atoms with Crippen molar-refractivity contribution in [3.05, 3.63) is 39.9 Å². The first-order chi connectivity index (χ1) is 12.0. The Labute approximate surface area is 146 Å². The van der Waals surface area contributed by atoms with Gasteiger partial charge in [0.25, 0.3) is 5.69 Å². The topological polar surface area (TPSA) is 86.5 Å². The predicted molar refractivity (Wildman–Crippen MR) is 91.1 cm³/mol. The summed E-state index contributed by atoms with van der Waals surface area (Å²) in [5, 5.41) is 11.0. The van der Waals surface area contributed by atoms with Gasteiger partial charge in [-0.15, -0.1) is 0 Å². The van der Waals surface area contributed by atoms with Crippen LogP contribution >= 0.6 is 0 Å². The normalized spacial score (nSPS) is 27.8. The van der Waals surface area contributed by atoms with E-state index in [9.17, 15) is 19.7 Å². The lowest BCUT2D eigenvalue weighted by Gasteiger charge is -2.36. The zero-order valence-corrected chi connectivity index (χ0v) is 14.3. The zero-order chi connectivity index (χ0) is 18.0. The molecule has 1 aromatic carbocycles. The van der Waals surface area contributed by atoms with Crippen molar-refractivity contribution >= 4 is 17.4 Å². The molecule has 25 heavy (non-hydrogen) atoms. The van der Waals surface area contributed by atoms with Crippen molar-refractivity contribution in [3.8, 4) is 0 Å². The number of nitro groups is 1. The predicted octanol–water partition coefficient (Wildman–Crippen LogP) is 3.78. The van der Waals surface area contributed by atoms with Crippen molar-refractivity contribution in [1.82, 2.24) is 0 Å². The fourth-order valence-electron chi connectivity index (χ4n) is 4.20. The van der Waals surface area contributed by atoms with Gasteiger partial charge in [0.15, 0.2) is 5.78 Å². The minimum absolute atomic E-state index is 0.0279. The molecule has 6 nitrogen and oxygen atoms in total. The van der Waals surface area contributed by atoms with Crippen molar-refractivity contribution in [2.75, 3.05) is 0 Å². The van der Waals surface area contributed by atoms with E-state index in [1.54, 1.807) is 12.1 Å². The summed E-state index contributed by atoms with van der Waals surface area (Å²) in [6, 6.07) is 6.23. The average Bonchev–Trinajstić information content (AvgIpc) is 2.84. The summed E-state index contributed by atoms with van der Waals surface area (Å²) < 4.78 is 5.64. The third kappa shape index (κ3) is 3.43. The van der Waals surface area contributed by atoms with Gasteiger partial charge >= 0.3 is 5.97 Å². The van der Waals surface area contributed by atoms with E-state index in [2.05, 4.69) is 0 Å². The molecule has 0 N–H and O–H groups in total. The monoisotopic (exact) mass is 345 g/mol. The van der Waals surface area contributed by atoms with Crippen LogP contribution in [0.5, 0.6) is 0 Å². The SMILES string of the molecule is CCC(c1cccc([N+](=O)[O-])c1)C1C(=O)OC2CCCCCC2C1=O. The van der Waals surface area contributed by atoms with Gasteiger partial charge in [0.05, 0.1) is 10.8 Å². The Morgan fingerprint density at radius 2 is 2.00 bits per heavy atom. The van der Waals surface area contributed by atoms with Gasteiger partial charge in [-0.2, -0.15) is 0 Å². The fourth-order valence-corrected chi connectivity index (χ4v) is 4.20. The number of non-ortho nitro benzene ring substituents is 1. The van der Waals surface area contributed by atoms with E-state index >= 15 is 0 Å². The molecule has 2 aliphatic rings. The van der Waals surface area contributed by atoms with Crippen LogP contribution in [-0.4, -0.2) is 22.8 Å². The third-order valence-corrected chi connectivity index (χ3v) is 5.50. The molecule has 1 aliphatic carbocycles. The van der Waals surface area contributed by atoms with Crippen molar-refractivity contribution < 1.29 is 19.2 Å². The standard InChI is InChI=1S/C19H23NO5/c1-2-14(12-7-6-8-13(11-12)20(23)24)17-18(21)15-9-4-3-5-10-16(15)25-19(17)22/h6-8,11,14-17H,2-5,9-10H2,1H3. The minimum Gasteiger partial charge on any atom is -0.461 e. The van der Waals surface area contributed by atoms with E-state index in [0.717, 1.165) is 32.1 Å². The Morgan fingerprint density at radius 1 is 1.24 bits per heavy atom. The van der Waals surface area contributed by atoms with Crippen LogP contribution in [0.25, 0.3) is 0 Å². The highest BCUT2D eigenvalue weighted by Gasteiger charge is 2.48. The molecule has 1 heterocycles. The van der Waals surface area contributed by atoms with Crippen molar-refractivity contribution in [2.24, 2.45) is 11.8 Å². The van der Waals surface area contributed by atoms with Crippen LogP contribution in [0.1, 0.15) is 56.9 Å². The van der Waals surface area contributed by atoms with Gasteiger partial charge in [-0.05, 0) is 31.2 Å². The molecular formula is C19H23NO5. The molecule has 3 rings (SSSR count). The van der Waals surface area contributed by atoms with Crippen LogP contribution in [0.3, 0.4) is 0 Å². The van der Waals surface area contributed by atoms with Crippen LogP contribution in [0.15, 0.2) is 24.3 Å². The van der Waals surface area contributed by atoms with Crippen LogP contribution < -0.4 is 0 Å². The van der Waals surface area contributed by atoms with E-state index < -0.39 is 16.8 Å². The van der Waals surface area contributed by atoms with Crippen LogP contribution in [0, 0.1) is 22.0 Å². The molecule has 1 saturated carbocycles. The van der Waals surface area contributed by atoms with Gasteiger partial charge in [-0.3, -0.25) is 19.7 Å². The molecule has 1 aliphatic heterocycles. The summed E-state index contributed by atoms with van der Waals surface area (Å²) in [6.07, 6.45) is 4.79. The van der Waals surface area contributed by atoms with E-state index in [1.807, 2.05) is 6.92 Å². The second-order valence-corrected chi connectivity index (χ2v) is 6.97. The molecule has 1 saturated heterocycles. The van der Waals surface area contributed by atoms with E-state index in [-0.39, 0.29) is 29.4 Å². The quantitative estimate of drug-likeness (QED) is 0.359. The maximum Gasteiger partial charge on any atom is 0.317 e. The number of hydrogen-bond acceptors (Lipinski definition) is 5. The Morgan fingerprint density at radius 3 is 2.72 bits per heavy atom. The molecule has 0 aromatic heterocycles. The lowest BCUT2D eigenvalue weighted by molar-refractivity contribution is -0.384. The lowest BCUT2D eigenvalue weighted by Crippen LogP contribution is -2.47. The first kappa shape index (κ1) is 17.6. The van der Waals surface area contributed by atoms with Crippen molar-refractivity contribution in [1.29, 1.82) is 0 Å². The molecule has 6 heteroatoms. The minimum atomic E-state index is -0.855. The largest absolute Gasteiger partial charge is 0.461 e. The molecule has 134 valence electrons. The number of ether oxygens (including phenoxy) is 1. The fraction of sp³-hybridized carbons (Fsp3) is 0.579. The van der Waals surface area contributed by atoms with Gasteiger partial charge in [0, 0.05) is 18.1 Å². The van der Waals surface area contributed by atoms with Gasteiger partial charge in [0.2, 0.25) is 0 Å². The number of carbonyl (C=O) groups is 2. The summed E-state index contributed by atoms with van der Waals surface area (Å²) in [4.78, 5) is 36.3. The molecule has 1 aromatic rings. The highest BCUT2D eigenvalue weighted by Crippen LogP contribution is 2.40. The van der Waals surface area contributed by atoms with Crippen LogP contribution in [0.4, 0.5) is 5.69 Å². The number of esters is 1. The third-order valence-electron chi connectivity index (χ3n) is 5.50. The van der Waals surface area contributed by atoms with Gasteiger partial charge in [-0.1, -0.05) is 31.9 Å². The Bertz CT molecular complexity index is 686. The number of rotatable bonds is 4. The molecule has 0 bridgehead atoms. The number of benzene rings is 1. The van der Waals surface area contributed by atoms with E-state index in [4.69, 9.17) is 4.74 Å². The molecule has 4 unspecified atom stereocenters. The molecule has 4 atom stereocenters. The number of carbonyl (C=O) groups excluding carboxylic acids is 2. The summed E-state index contributed by atoms with van der Waals surface area (Å²) in [6.45, 7) is 1.89. The first-order valence-corrected chi connectivity index (χ1v) is 9.01. The highest BCUT2D eigenvalue weighted by atomic mass is 16.6. The second kappa shape index (κ2) is 7.33. The zero-order valence-electron chi connectivity index (χ0n) is 14.3. The number of ketones is 1. The average molecular weight is 345 g/mol. The molecule has 0 amide bonds. The van der Waals surface area contributed by atoms with E-state index in [1.165, 1.54) is 12.1 Å². The van der Waals surface area contributed by atoms with E-state index in [0.29, 0.717) is 12.0 Å². The summed E-state index contributed by atoms with van der Waals surface area (Å²) >= 11 is 0. The highest BCUT2D eigenvalue weighted by molar-refractivity contribution is 6.03. The molecular weight excluding hydrogens is 322 g/mol. The summed E-state index contributed by atoms with van der Waals surface area (Å²) in [7, 11) is 0. The molecule has 0 radical (unpaired) electrons. The number of nitrogens with zero attached hydrogens (tertiary/aromatic N) is 1. The van der Waals surface area contributed by atoms with Crippen molar-refractivity contribution in [2.45, 2.75) is 57.5 Å². The van der Waals surface area contributed by atoms with Gasteiger partial charge in [-0.25, -0.2) is 0 Å². The number of hydrogen-bond donors (Lipinski definition) is 0. The maximum atomic E-state index is 13.1. The lowest BCUT2D eigenvalue weighted by atomic mass is 9.74. The van der Waals surface area contributed by atoms with Crippen LogP contribution in [0.2, 0.25) is 0 Å². The number of Topliss-reactive ketones (excluding diaryl/α,β-unsaturated/α-hetero) is 1.